The lowest BCUT2D eigenvalue weighted by atomic mass is 9.72. The predicted octanol–water partition coefficient (Wildman–Crippen LogP) is 5.40. The van der Waals surface area contributed by atoms with Crippen LogP contribution in [-0.4, -0.2) is 25.1 Å². The van der Waals surface area contributed by atoms with Crippen molar-refractivity contribution in [3.63, 3.8) is 0 Å². The number of ether oxygens (including phenoxy) is 2. The molecular weight excluding hydrogens is 398 g/mol. The van der Waals surface area contributed by atoms with Gasteiger partial charge < -0.3 is 14.8 Å². The first-order valence-corrected chi connectivity index (χ1v) is 11.3. The highest BCUT2D eigenvalue weighted by molar-refractivity contribution is 7.17. The second kappa shape index (κ2) is 9.21. The van der Waals surface area contributed by atoms with Crippen LogP contribution in [-0.2, 0) is 22.4 Å². The van der Waals surface area contributed by atoms with Crippen LogP contribution in [0.1, 0.15) is 60.5 Å². The van der Waals surface area contributed by atoms with Crippen molar-refractivity contribution in [1.82, 2.24) is 0 Å². The third-order valence-electron chi connectivity index (χ3n) is 5.61. The molecule has 0 radical (unpaired) electrons. The summed E-state index contributed by atoms with van der Waals surface area (Å²) in [5, 5.41) is 3.47. The lowest BCUT2D eigenvalue weighted by Crippen LogP contribution is -2.26. The van der Waals surface area contributed by atoms with Gasteiger partial charge in [-0.05, 0) is 62.1 Å². The van der Waals surface area contributed by atoms with Crippen molar-refractivity contribution in [2.45, 2.75) is 53.9 Å². The highest BCUT2D eigenvalue weighted by atomic mass is 32.1. The Kier molecular flexibility index (Phi) is 6.86. The number of fused-ring (bicyclic) bond motifs is 1. The Morgan fingerprint density at radius 3 is 2.53 bits per heavy atom. The summed E-state index contributed by atoms with van der Waals surface area (Å²) in [6.07, 6.45) is 2.78. The molecule has 1 N–H and O–H groups in total. The number of rotatable bonds is 6. The van der Waals surface area contributed by atoms with Crippen LogP contribution in [0, 0.1) is 18.3 Å². The summed E-state index contributed by atoms with van der Waals surface area (Å²) < 4.78 is 10.9. The number of hydrogen-bond donors (Lipinski definition) is 1. The first-order chi connectivity index (χ1) is 14.2. The molecule has 1 amide bonds. The van der Waals surface area contributed by atoms with E-state index < -0.39 is 0 Å². The zero-order valence-electron chi connectivity index (χ0n) is 18.5. The molecule has 1 aliphatic rings. The number of amides is 1. The standard InChI is InChI=1S/C24H31NO4S/c1-6-28-23(27)21-18-12-9-16(24(3,4)5)13-19(18)30-22(21)25-20(26)14-29-17-10-7-15(2)8-11-17/h7-8,10-11,16H,6,9,12-14H2,1-5H3,(H,25,26). The van der Waals surface area contributed by atoms with E-state index in [1.807, 2.05) is 31.2 Å². The van der Waals surface area contributed by atoms with Gasteiger partial charge in [0.15, 0.2) is 6.61 Å². The Bertz CT molecular complexity index is 909. The predicted molar refractivity (Wildman–Crippen MR) is 121 cm³/mol. The molecule has 0 saturated heterocycles. The molecule has 1 aromatic heterocycles. The number of esters is 1. The molecule has 1 aromatic carbocycles. The zero-order chi connectivity index (χ0) is 21.9. The van der Waals surface area contributed by atoms with Crippen LogP contribution in [0.5, 0.6) is 5.75 Å². The Morgan fingerprint density at radius 2 is 1.90 bits per heavy atom. The van der Waals surface area contributed by atoms with Crippen LogP contribution in [0.4, 0.5) is 5.00 Å². The number of thiophene rings is 1. The van der Waals surface area contributed by atoms with Gasteiger partial charge in [0.1, 0.15) is 10.8 Å². The van der Waals surface area contributed by atoms with Gasteiger partial charge in [-0.1, -0.05) is 38.5 Å². The third-order valence-corrected chi connectivity index (χ3v) is 6.78. The van der Waals surface area contributed by atoms with Crippen LogP contribution in [0.15, 0.2) is 24.3 Å². The van der Waals surface area contributed by atoms with Crippen molar-refractivity contribution in [2.24, 2.45) is 11.3 Å². The van der Waals surface area contributed by atoms with E-state index in [-0.39, 0.29) is 23.9 Å². The number of carbonyl (C=O) groups is 2. The molecule has 0 spiro atoms. The summed E-state index contributed by atoms with van der Waals surface area (Å²) in [6.45, 7) is 10.8. The van der Waals surface area contributed by atoms with Gasteiger partial charge in [0.05, 0.1) is 12.2 Å². The smallest absolute Gasteiger partial charge is 0.341 e. The molecule has 162 valence electrons. The number of aryl methyl sites for hydroxylation is 1. The normalized spacial score (nSPS) is 16.0. The van der Waals surface area contributed by atoms with E-state index in [0.29, 0.717) is 28.8 Å². The lowest BCUT2D eigenvalue weighted by Gasteiger charge is -2.33. The molecule has 1 unspecified atom stereocenters. The van der Waals surface area contributed by atoms with E-state index >= 15 is 0 Å². The summed E-state index contributed by atoms with van der Waals surface area (Å²) >= 11 is 1.50. The highest BCUT2D eigenvalue weighted by Crippen LogP contribution is 2.44. The van der Waals surface area contributed by atoms with Gasteiger partial charge in [0.25, 0.3) is 5.91 Å². The first kappa shape index (κ1) is 22.3. The molecule has 1 atom stereocenters. The molecule has 0 fully saturated rings. The Balaban J connectivity index is 1.77. The van der Waals surface area contributed by atoms with E-state index in [2.05, 4.69) is 26.1 Å². The second-order valence-corrected chi connectivity index (χ2v) is 9.99. The molecule has 0 aliphatic heterocycles. The summed E-state index contributed by atoms with van der Waals surface area (Å²) in [5.41, 5.74) is 2.89. The maximum Gasteiger partial charge on any atom is 0.341 e. The zero-order valence-corrected chi connectivity index (χ0v) is 19.3. The van der Waals surface area contributed by atoms with Gasteiger partial charge in [-0.15, -0.1) is 11.3 Å². The van der Waals surface area contributed by atoms with Crippen LogP contribution < -0.4 is 10.1 Å². The minimum Gasteiger partial charge on any atom is -0.484 e. The van der Waals surface area contributed by atoms with Gasteiger partial charge in [0.2, 0.25) is 0 Å². The molecule has 30 heavy (non-hydrogen) atoms. The van der Waals surface area contributed by atoms with Gasteiger partial charge in [-0.25, -0.2) is 4.79 Å². The van der Waals surface area contributed by atoms with Crippen molar-refractivity contribution in [3.8, 4) is 5.75 Å². The quantitative estimate of drug-likeness (QED) is 0.624. The molecular formula is C24H31NO4S. The van der Waals surface area contributed by atoms with E-state index in [9.17, 15) is 9.59 Å². The van der Waals surface area contributed by atoms with E-state index in [0.717, 1.165) is 30.4 Å². The molecule has 5 nitrogen and oxygen atoms in total. The molecule has 6 heteroatoms. The molecule has 1 aliphatic carbocycles. The fourth-order valence-electron chi connectivity index (χ4n) is 3.78. The van der Waals surface area contributed by atoms with Crippen LogP contribution in [0.2, 0.25) is 0 Å². The molecule has 0 saturated carbocycles. The molecule has 1 heterocycles. The molecule has 3 rings (SSSR count). The Hall–Kier alpha value is -2.34. The monoisotopic (exact) mass is 429 g/mol. The maximum absolute atomic E-state index is 12.7. The highest BCUT2D eigenvalue weighted by Gasteiger charge is 2.34. The van der Waals surface area contributed by atoms with E-state index in [4.69, 9.17) is 9.47 Å². The van der Waals surface area contributed by atoms with Crippen LogP contribution in [0.3, 0.4) is 0 Å². The first-order valence-electron chi connectivity index (χ1n) is 10.5. The van der Waals surface area contributed by atoms with Gasteiger partial charge >= 0.3 is 5.97 Å². The summed E-state index contributed by atoms with van der Waals surface area (Å²) in [6, 6.07) is 7.54. The Labute approximate surface area is 182 Å². The minimum atomic E-state index is -0.362. The number of carbonyl (C=O) groups excluding carboxylic acids is 2. The average Bonchev–Trinajstić information content (AvgIpc) is 3.04. The van der Waals surface area contributed by atoms with Gasteiger partial charge in [0, 0.05) is 4.88 Å². The summed E-state index contributed by atoms with van der Waals surface area (Å²) in [7, 11) is 0. The van der Waals surface area contributed by atoms with E-state index in [1.165, 1.54) is 16.2 Å². The third kappa shape index (κ3) is 5.22. The topological polar surface area (TPSA) is 64.6 Å². The van der Waals surface area contributed by atoms with Crippen LogP contribution >= 0.6 is 11.3 Å². The molecule has 2 aromatic rings. The number of nitrogens with one attached hydrogen (secondary N) is 1. The van der Waals surface area contributed by atoms with Crippen molar-refractivity contribution in [3.05, 3.63) is 45.8 Å². The largest absolute Gasteiger partial charge is 0.484 e. The van der Waals surface area contributed by atoms with E-state index in [1.54, 1.807) is 6.92 Å². The average molecular weight is 430 g/mol. The van der Waals surface area contributed by atoms with Gasteiger partial charge in [-0.3, -0.25) is 4.79 Å². The van der Waals surface area contributed by atoms with Crippen molar-refractivity contribution >= 4 is 28.2 Å². The van der Waals surface area contributed by atoms with Crippen LogP contribution in [0.25, 0.3) is 0 Å². The van der Waals surface area contributed by atoms with Gasteiger partial charge in [-0.2, -0.15) is 0 Å². The number of hydrogen-bond acceptors (Lipinski definition) is 5. The number of benzene rings is 1. The van der Waals surface area contributed by atoms with Crippen molar-refractivity contribution < 1.29 is 19.1 Å². The van der Waals surface area contributed by atoms with Crippen molar-refractivity contribution in [2.75, 3.05) is 18.5 Å². The van der Waals surface area contributed by atoms with Crippen molar-refractivity contribution in [1.29, 1.82) is 0 Å². The lowest BCUT2D eigenvalue weighted by molar-refractivity contribution is -0.118. The maximum atomic E-state index is 12.7. The SMILES string of the molecule is CCOC(=O)c1c(NC(=O)COc2ccc(C)cc2)sc2c1CCC(C(C)(C)C)C2. The summed E-state index contributed by atoms with van der Waals surface area (Å²) in [4.78, 5) is 26.4. The Morgan fingerprint density at radius 1 is 1.20 bits per heavy atom. The second-order valence-electron chi connectivity index (χ2n) is 8.88. The summed E-state index contributed by atoms with van der Waals surface area (Å²) in [5.74, 6) is 0.540. The molecule has 0 bridgehead atoms. The minimum absolute atomic E-state index is 0.113. The number of anilines is 1. The fraction of sp³-hybridized carbons (Fsp3) is 0.500. The fourth-order valence-corrected chi connectivity index (χ4v) is 5.11.